The van der Waals surface area contributed by atoms with E-state index in [9.17, 15) is 27.9 Å². The Hall–Kier alpha value is -1.87. The van der Waals surface area contributed by atoms with E-state index in [1.165, 1.54) is 19.1 Å². The van der Waals surface area contributed by atoms with Gasteiger partial charge in [-0.2, -0.15) is 13.2 Å². The van der Waals surface area contributed by atoms with Gasteiger partial charge in [0, 0.05) is 6.20 Å². The molecule has 0 aliphatic carbocycles. The van der Waals surface area contributed by atoms with Gasteiger partial charge in [-0.1, -0.05) is 6.08 Å². The molecule has 0 amide bonds. The Morgan fingerprint density at radius 1 is 1.35 bits per heavy atom. The fourth-order valence-electron chi connectivity index (χ4n) is 1.75. The van der Waals surface area contributed by atoms with E-state index < -0.39 is 41.4 Å². The summed E-state index contributed by atoms with van der Waals surface area (Å²) in [6.45, 7) is 1.50. The molecule has 0 fully saturated rings. The topological polar surface area (TPSA) is 84.3 Å². The number of aliphatic hydroxyl groups excluding tert-OH is 1. The fourth-order valence-corrected chi connectivity index (χ4v) is 1.75. The van der Waals surface area contributed by atoms with Crippen molar-refractivity contribution in [2.24, 2.45) is 0 Å². The van der Waals surface area contributed by atoms with Crippen LogP contribution in [-0.4, -0.2) is 26.9 Å². The average Bonchev–Trinajstić information content (AvgIpc) is 2.31. The number of nitrogens with one attached hydrogen (secondary N) is 1. The molecule has 3 atom stereocenters. The highest BCUT2D eigenvalue weighted by atomic mass is 19.4. The third-order valence-electron chi connectivity index (χ3n) is 2.86. The highest BCUT2D eigenvalue weighted by Crippen LogP contribution is 2.27. The predicted octanol–water partition coefficient (Wildman–Crippen LogP) is 0.390. The molecule has 9 heteroatoms. The summed E-state index contributed by atoms with van der Waals surface area (Å²) in [5.74, 6) is 0. The lowest BCUT2D eigenvalue weighted by Crippen LogP contribution is -2.40. The normalized spacial score (nSPS) is 26.8. The molecule has 6 nitrogen and oxygen atoms in total. The van der Waals surface area contributed by atoms with Crippen molar-refractivity contribution in [1.29, 1.82) is 0 Å². The van der Waals surface area contributed by atoms with Crippen LogP contribution in [0.15, 0.2) is 27.9 Å². The van der Waals surface area contributed by atoms with E-state index in [1.807, 2.05) is 0 Å². The molecule has 0 saturated heterocycles. The highest BCUT2D eigenvalue weighted by molar-refractivity contribution is 5.11. The molecule has 0 bridgehead atoms. The maximum atomic E-state index is 12.6. The minimum absolute atomic E-state index is 0.403. The van der Waals surface area contributed by atoms with Gasteiger partial charge in [0.2, 0.25) is 0 Å². The van der Waals surface area contributed by atoms with Crippen LogP contribution in [-0.2, 0) is 10.9 Å². The molecule has 0 saturated carbocycles. The lowest BCUT2D eigenvalue weighted by Gasteiger charge is -2.28. The second-order valence-corrected chi connectivity index (χ2v) is 4.31. The lowest BCUT2D eigenvalue weighted by molar-refractivity contribution is -0.140. The Bertz CT molecular complexity index is 646. The molecule has 1 aliphatic heterocycles. The number of hydrogen-bond acceptors (Lipinski definition) is 4. The van der Waals surface area contributed by atoms with E-state index in [0.717, 1.165) is 0 Å². The molecule has 20 heavy (non-hydrogen) atoms. The van der Waals surface area contributed by atoms with Crippen molar-refractivity contribution < 1.29 is 23.0 Å². The zero-order valence-corrected chi connectivity index (χ0v) is 10.2. The number of rotatable bonds is 1. The van der Waals surface area contributed by atoms with Crippen molar-refractivity contribution in [3.05, 3.63) is 44.8 Å². The zero-order chi connectivity index (χ0) is 15.1. The van der Waals surface area contributed by atoms with E-state index in [1.54, 1.807) is 4.98 Å². The van der Waals surface area contributed by atoms with E-state index >= 15 is 0 Å². The van der Waals surface area contributed by atoms with E-state index in [4.69, 9.17) is 4.74 Å². The van der Waals surface area contributed by atoms with Gasteiger partial charge >= 0.3 is 11.9 Å². The minimum atomic E-state index is -4.88. The van der Waals surface area contributed by atoms with Gasteiger partial charge in [0.15, 0.2) is 6.23 Å². The number of aliphatic hydroxyl groups is 1. The van der Waals surface area contributed by atoms with Crippen LogP contribution in [0.3, 0.4) is 0 Å². The summed E-state index contributed by atoms with van der Waals surface area (Å²) >= 11 is 0. The van der Waals surface area contributed by atoms with Crippen LogP contribution >= 0.6 is 0 Å². The van der Waals surface area contributed by atoms with Crippen molar-refractivity contribution in [2.45, 2.75) is 31.5 Å². The molecule has 2 N–H and O–H groups in total. The van der Waals surface area contributed by atoms with Crippen LogP contribution in [0.4, 0.5) is 13.2 Å². The maximum Gasteiger partial charge on any atom is 0.423 e. The molecule has 0 radical (unpaired) electrons. The smallest absolute Gasteiger partial charge is 0.386 e. The van der Waals surface area contributed by atoms with Crippen molar-refractivity contribution >= 4 is 0 Å². The molecule has 1 aromatic heterocycles. The Morgan fingerprint density at radius 2 is 2.00 bits per heavy atom. The molecular weight excluding hydrogens is 281 g/mol. The van der Waals surface area contributed by atoms with Crippen molar-refractivity contribution in [3.8, 4) is 0 Å². The zero-order valence-electron chi connectivity index (χ0n) is 10.2. The number of aromatic nitrogens is 2. The number of ether oxygens (including phenoxy) is 1. The third kappa shape index (κ3) is 2.68. The second-order valence-electron chi connectivity index (χ2n) is 4.31. The number of hydrogen-bond donors (Lipinski definition) is 2. The van der Waals surface area contributed by atoms with Crippen molar-refractivity contribution in [3.63, 3.8) is 0 Å². The van der Waals surface area contributed by atoms with Crippen molar-refractivity contribution in [2.75, 3.05) is 0 Å². The number of alkyl halides is 3. The summed E-state index contributed by atoms with van der Waals surface area (Å²) in [5.41, 5.74) is -4.03. The summed E-state index contributed by atoms with van der Waals surface area (Å²) in [6.07, 6.45) is -4.66. The molecular formula is C11H11F3N2O4. The molecule has 0 spiro atoms. The Labute approximate surface area is 110 Å². The van der Waals surface area contributed by atoms with Gasteiger partial charge in [0.05, 0.1) is 12.2 Å². The predicted molar refractivity (Wildman–Crippen MR) is 61.1 cm³/mol. The van der Waals surface area contributed by atoms with E-state index in [2.05, 4.69) is 0 Å². The molecule has 110 valence electrons. The van der Waals surface area contributed by atoms with Gasteiger partial charge in [-0.3, -0.25) is 14.3 Å². The number of aromatic amines is 1. The quantitative estimate of drug-likeness (QED) is 0.733. The van der Waals surface area contributed by atoms with Gasteiger partial charge < -0.3 is 9.84 Å². The van der Waals surface area contributed by atoms with Crippen LogP contribution in [0.5, 0.6) is 0 Å². The average molecular weight is 292 g/mol. The number of halogens is 3. The van der Waals surface area contributed by atoms with Crippen LogP contribution < -0.4 is 11.2 Å². The SMILES string of the molecule is CC1OC(n2cc(C(F)(F)F)c(=O)[nH]c2=O)C=CC1O. The van der Waals surface area contributed by atoms with Gasteiger partial charge in [0.25, 0.3) is 5.56 Å². The largest absolute Gasteiger partial charge is 0.423 e. The standard InChI is InChI=1S/C11H11F3N2O4/c1-5-7(17)2-3-8(20-5)16-4-6(11(12,13)14)9(18)15-10(16)19/h2-5,7-8,17H,1H3,(H,15,18,19). The number of H-pyrrole nitrogens is 1. The van der Waals surface area contributed by atoms with Crippen molar-refractivity contribution in [1.82, 2.24) is 9.55 Å². The highest BCUT2D eigenvalue weighted by Gasteiger charge is 2.36. The third-order valence-corrected chi connectivity index (χ3v) is 2.86. The minimum Gasteiger partial charge on any atom is -0.386 e. The number of nitrogens with zero attached hydrogens (tertiary/aromatic N) is 1. The summed E-state index contributed by atoms with van der Waals surface area (Å²) in [5, 5.41) is 9.40. The van der Waals surface area contributed by atoms with E-state index in [-0.39, 0.29) is 0 Å². The van der Waals surface area contributed by atoms with E-state index in [0.29, 0.717) is 10.8 Å². The van der Waals surface area contributed by atoms with Gasteiger partial charge in [-0.05, 0) is 13.0 Å². The Morgan fingerprint density at radius 3 is 2.55 bits per heavy atom. The fraction of sp³-hybridized carbons (Fsp3) is 0.455. The monoisotopic (exact) mass is 292 g/mol. The van der Waals surface area contributed by atoms with Crippen LogP contribution in [0, 0.1) is 0 Å². The maximum absolute atomic E-state index is 12.6. The first-order valence-corrected chi connectivity index (χ1v) is 5.64. The van der Waals surface area contributed by atoms with Crippen LogP contribution in [0.2, 0.25) is 0 Å². The van der Waals surface area contributed by atoms with Crippen LogP contribution in [0.1, 0.15) is 18.7 Å². The van der Waals surface area contributed by atoms with Crippen LogP contribution in [0.25, 0.3) is 0 Å². The second kappa shape index (κ2) is 4.91. The molecule has 3 unspecified atom stereocenters. The summed E-state index contributed by atoms with van der Waals surface area (Å²) in [6, 6.07) is 0. The Kier molecular flexibility index (Phi) is 3.57. The molecule has 0 aromatic carbocycles. The molecule has 1 aliphatic rings. The van der Waals surface area contributed by atoms with Gasteiger partial charge in [-0.15, -0.1) is 0 Å². The molecule has 1 aromatic rings. The summed E-state index contributed by atoms with van der Waals surface area (Å²) in [4.78, 5) is 24.3. The molecule has 2 rings (SSSR count). The van der Waals surface area contributed by atoms with Gasteiger partial charge in [0.1, 0.15) is 5.56 Å². The molecule has 2 heterocycles. The summed E-state index contributed by atoms with van der Waals surface area (Å²) in [7, 11) is 0. The Balaban J connectivity index is 2.51. The first kappa shape index (κ1) is 14.5. The first-order valence-electron chi connectivity index (χ1n) is 5.64. The van der Waals surface area contributed by atoms with Gasteiger partial charge in [-0.25, -0.2) is 4.79 Å². The lowest BCUT2D eigenvalue weighted by atomic mass is 10.1. The first-order chi connectivity index (χ1) is 9.20. The summed E-state index contributed by atoms with van der Waals surface area (Å²) < 4.78 is 43.7.